The van der Waals surface area contributed by atoms with Gasteiger partial charge in [0.1, 0.15) is 27.2 Å². The minimum absolute atomic E-state index is 0.0241. The Kier molecular flexibility index (Phi) is 6.88. The van der Waals surface area contributed by atoms with Crippen molar-refractivity contribution < 1.29 is 27.6 Å². The number of carbonyl (C=O) groups is 1. The van der Waals surface area contributed by atoms with E-state index in [-0.39, 0.29) is 27.9 Å². The van der Waals surface area contributed by atoms with Gasteiger partial charge in [0.25, 0.3) is 0 Å². The zero-order valence-electron chi connectivity index (χ0n) is 14.7. The Morgan fingerprint density at radius 2 is 1.79 bits per heavy atom. The molecule has 28 heavy (non-hydrogen) atoms. The van der Waals surface area contributed by atoms with Crippen LogP contribution < -0.4 is 4.74 Å². The van der Waals surface area contributed by atoms with Crippen LogP contribution >= 0.6 is 45.2 Å². The van der Waals surface area contributed by atoms with Crippen molar-refractivity contribution in [2.24, 2.45) is 0 Å². The molecule has 1 aliphatic rings. The summed E-state index contributed by atoms with van der Waals surface area (Å²) < 4.78 is 41.7. The average Bonchev–Trinajstić information content (AvgIpc) is 2.64. The van der Waals surface area contributed by atoms with Crippen molar-refractivity contribution in [1.29, 1.82) is 0 Å². The summed E-state index contributed by atoms with van der Waals surface area (Å²) in [7, 11) is -4.63. The van der Waals surface area contributed by atoms with Gasteiger partial charge in [-0.2, -0.15) is 0 Å². The first-order chi connectivity index (χ1) is 13.2. The highest BCUT2D eigenvalue weighted by Crippen LogP contribution is 2.38. The lowest BCUT2D eigenvalue weighted by molar-refractivity contribution is 0.0731. The molecule has 6 nitrogen and oxygen atoms in total. The van der Waals surface area contributed by atoms with Crippen LogP contribution in [0.3, 0.4) is 0 Å². The normalized spacial score (nSPS) is 15.4. The van der Waals surface area contributed by atoms with Crippen LogP contribution in [-0.2, 0) is 10.1 Å². The van der Waals surface area contributed by atoms with Gasteiger partial charge in [-0.1, -0.05) is 19.3 Å². The maximum absolute atomic E-state index is 12.5. The Balaban J connectivity index is 1.96. The highest BCUT2D eigenvalue weighted by Gasteiger charge is 2.23. The van der Waals surface area contributed by atoms with E-state index < -0.39 is 16.1 Å². The molecule has 0 bridgehead atoms. The van der Waals surface area contributed by atoms with Gasteiger partial charge in [-0.3, -0.25) is 0 Å². The summed E-state index contributed by atoms with van der Waals surface area (Å²) in [5, 5.41) is 10.1. The molecule has 2 aromatic carbocycles. The van der Waals surface area contributed by atoms with Gasteiger partial charge in [-0.25, -0.2) is 13.2 Å². The molecule has 0 amide bonds. The molecule has 9 heteroatoms. The Morgan fingerprint density at radius 1 is 1.11 bits per heavy atom. The quantitative estimate of drug-likeness (QED) is 0.227. The van der Waals surface area contributed by atoms with Crippen LogP contribution in [0, 0.1) is 7.14 Å². The van der Waals surface area contributed by atoms with Crippen molar-refractivity contribution in [2.45, 2.75) is 42.9 Å². The van der Waals surface area contributed by atoms with Crippen LogP contribution in [-0.4, -0.2) is 24.0 Å². The topological polar surface area (TPSA) is 104 Å². The number of aromatic hydroxyl groups is 1. The summed E-state index contributed by atoms with van der Waals surface area (Å²) in [6, 6.07) is 7.20. The summed E-state index contributed by atoms with van der Waals surface area (Å²) in [6.45, 7) is 0. The lowest BCUT2D eigenvalue weighted by atomic mass is 9.84. The van der Waals surface area contributed by atoms with Gasteiger partial charge in [-0.05, 0) is 99.8 Å². The van der Waals surface area contributed by atoms with Crippen molar-refractivity contribution >= 4 is 61.3 Å². The van der Waals surface area contributed by atoms with Crippen LogP contribution in [0.5, 0.6) is 11.5 Å². The fourth-order valence-electron chi connectivity index (χ4n) is 3.43. The number of benzene rings is 2. The molecule has 0 spiro atoms. The summed E-state index contributed by atoms with van der Waals surface area (Å²) in [5.41, 5.74) is 0.428. The van der Waals surface area contributed by atoms with Crippen LogP contribution in [0.1, 0.15) is 53.9 Å². The van der Waals surface area contributed by atoms with Crippen molar-refractivity contribution in [3.05, 3.63) is 48.6 Å². The largest absolute Gasteiger partial charge is 0.744 e. The number of phenolic OH excluding ortho intramolecular Hbond substituents is 1. The first-order valence-corrected chi connectivity index (χ1v) is 12.2. The molecule has 3 rings (SSSR count). The highest BCUT2D eigenvalue weighted by atomic mass is 127. The molecule has 0 unspecified atom stereocenters. The van der Waals surface area contributed by atoms with E-state index in [2.05, 4.69) is 0 Å². The fourth-order valence-corrected chi connectivity index (χ4v) is 6.03. The second-order valence-corrected chi connectivity index (χ2v) is 10.4. The lowest BCUT2D eigenvalue weighted by Gasteiger charge is -2.25. The molecule has 0 aromatic heterocycles. The third kappa shape index (κ3) is 4.97. The minimum Gasteiger partial charge on any atom is -0.744 e. The minimum atomic E-state index is -4.63. The Labute approximate surface area is 190 Å². The Morgan fingerprint density at radius 3 is 2.43 bits per heavy atom. The number of ether oxygens (including phenoxy) is 1. The van der Waals surface area contributed by atoms with Gasteiger partial charge in [0, 0.05) is 3.57 Å². The smallest absolute Gasteiger partial charge is 0.347 e. The van der Waals surface area contributed by atoms with Gasteiger partial charge in [0.05, 0.1) is 8.47 Å². The van der Waals surface area contributed by atoms with Gasteiger partial charge in [0.15, 0.2) is 0 Å². The number of esters is 1. The Hall–Kier alpha value is -0.920. The zero-order chi connectivity index (χ0) is 20.5. The van der Waals surface area contributed by atoms with E-state index >= 15 is 0 Å². The molecule has 0 aliphatic heterocycles. The van der Waals surface area contributed by atoms with Crippen LogP contribution in [0.15, 0.2) is 35.2 Å². The summed E-state index contributed by atoms with van der Waals surface area (Å²) in [5.74, 6) is -0.831. The van der Waals surface area contributed by atoms with E-state index in [1.54, 1.807) is 6.07 Å². The van der Waals surface area contributed by atoms with Gasteiger partial charge in [-0.15, -0.1) is 0 Å². The van der Waals surface area contributed by atoms with Crippen molar-refractivity contribution in [1.82, 2.24) is 0 Å². The van der Waals surface area contributed by atoms with Crippen molar-refractivity contribution in [3.63, 3.8) is 0 Å². The summed E-state index contributed by atoms with van der Waals surface area (Å²) >= 11 is 3.96. The predicted octanol–water partition coefficient (Wildman–Crippen LogP) is 4.77. The number of halogens is 2. The van der Waals surface area contributed by atoms with Crippen molar-refractivity contribution in [3.8, 4) is 11.5 Å². The lowest BCUT2D eigenvalue weighted by Crippen LogP contribution is -2.13. The van der Waals surface area contributed by atoms with E-state index in [0.717, 1.165) is 35.7 Å². The molecule has 2 aromatic rings. The fraction of sp³-hybridized carbons (Fsp3) is 0.316. The third-order valence-corrected chi connectivity index (χ3v) is 7.11. The molecule has 1 N–H and O–H groups in total. The molecule has 1 saturated carbocycles. The first kappa shape index (κ1) is 21.8. The molecule has 0 heterocycles. The standard InChI is InChI=1S/C19H18I2O6S/c20-12-8-15(18(22)16(21)9-12)19(23)27-13-6-7-17(28(24,25)26)14(10-13)11-4-2-1-3-5-11/h6-11,22H,1-5H2,(H,24,25,26)/p-1. The predicted molar refractivity (Wildman–Crippen MR) is 119 cm³/mol. The highest BCUT2D eigenvalue weighted by molar-refractivity contribution is 14.1. The maximum atomic E-state index is 12.5. The van der Waals surface area contributed by atoms with Gasteiger partial charge in [0.2, 0.25) is 0 Å². The van der Waals surface area contributed by atoms with Gasteiger partial charge >= 0.3 is 5.97 Å². The van der Waals surface area contributed by atoms with Crippen LogP contribution in [0.4, 0.5) is 0 Å². The monoisotopic (exact) mass is 627 g/mol. The molecule has 150 valence electrons. The van der Waals surface area contributed by atoms with E-state index in [4.69, 9.17) is 4.74 Å². The van der Waals surface area contributed by atoms with E-state index in [9.17, 15) is 22.9 Å². The Bertz CT molecular complexity index is 1010. The van der Waals surface area contributed by atoms with Gasteiger partial charge < -0.3 is 14.4 Å². The molecule has 1 fully saturated rings. The summed E-state index contributed by atoms with van der Waals surface area (Å²) in [6.07, 6.45) is 4.57. The summed E-state index contributed by atoms with van der Waals surface area (Å²) in [4.78, 5) is 12.3. The molecular formula is C19H17I2O6S-. The number of hydrogen-bond donors (Lipinski definition) is 1. The van der Waals surface area contributed by atoms with Crippen LogP contribution in [0.2, 0.25) is 0 Å². The average molecular weight is 627 g/mol. The molecule has 0 saturated heterocycles. The second kappa shape index (κ2) is 8.84. The molecule has 0 atom stereocenters. The zero-order valence-corrected chi connectivity index (χ0v) is 19.8. The van der Waals surface area contributed by atoms with E-state index in [1.165, 1.54) is 24.3 Å². The number of rotatable bonds is 4. The van der Waals surface area contributed by atoms with E-state index in [1.807, 2.05) is 45.2 Å². The number of phenols is 1. The second-order valence-electron chi connectivity index (χ2n) is 6.66. The van der Waals surface area contributed by atoms with E-state index in [0.29, 0.717) is 9.13 Å². The molecular weight excluding hydrogens is 610 g/mol. The molecule has 1 aliphatic carbocycles. The number of carbonyl (C=O) groups excluding carboxylic acids is 1. The van der Waals surface area contributed by atoms with Crippen LogP contribution in [0.25, 0.3) is 0 Å². The molecule has 0 radical (unpaired) electrons. The maximum Gasteiger partial charge on any atom is 0.347 e. The SMILES string of the molecule is O=C(Oc1ccc(S(=O)(=O)[O-])c(C2CCCCC2)c1)c1cc(I)cc(I)c1O. The number of hydrogen-bond acceptors (Lipinski definition) is 6. The third-order valence-electron chi connectivity index (χ3n) is 4.75. The first-order valence-electron chi connectivity index (χ1n) is 8.67. The van der Waals surface area contributed by atoms with Crippen molar-refractivity contribution in [2.75, 3.05) is 0 Å².